The fourth-order valence-electron chi connectivity index (χ4n) is 2.31. The lowest BCUT2D eigenvalue weighted by molar-refractivity contribution is -0.114. The second-order valence-corrected chi connectivity index (χ2v) is 6.03. The first-order valence-electron chi connectivity index (χ1n) is 8.48. The Morgan fingerprint density at radius 3 is 2.31 bits per heavy atom. The molecule has 2 aromatic rings. The van der Waals surface area contributed by atoms with E-state index in [1.807, 2.05) is 32.0 Å². The second kappa shape index (κ2) is 9.58. The van der Waals surface area contributed by atoms with E-state index in [2.05, 4.69) is 16.0 Å². The predicted octanol–water partition coefficient (Wildman–Crippen LogP) is 2.73. The van der Waals surface area contributed by atoms with Gasteiger partial charge in [-0.15, -0.1) is 0 Å². The summed E-state index contributed by atoms with van der Waals surface area (Å²) in [6, 6.07) is 12.8. The number of hydrogen-bond donors (Lipinski definition) is 3. The van der Waals surface area contributed by atoms with Crippen molar-refractivity contribution in [1.29, 1.82) is 0 Å². The Kier molecular flexibility index (Phi) is 7.17. The molecular formula is C20H25N3O3. The van der Waals surface area contributed by atoms with Gasteiger partial charge in [0.2, 0.25) is 5.91 Å². The lowest BCUT2D eigenvalue weighted by atomic mass is 10.1. The number of ether oxygens (including phenoxy) is 1. The van der Waals surface area contributed by atoms with Crippen molar-refractivity contribution in [1.82, 2.24) is 5.32 Å². The molecule has 0 atom stereocenters. The maximum absolute atomic E-state index is 12.1. The van der Waals surface area contributed by atoms with Crippen molar-refractivity contribution >= 4 is 23.2 Å². The van der Waals surface area contributed by atoms with Crippen molar-refractivity contribution in [2.75, 3.05) is 37.4 Å². The van der Waals surface area contributed by atoms with Gasteiger partial charge < -0.3 is 20.7 Å². The van der Waals surface area contributed by atoms with Gasteiger partial charge in [0.25, 0.3) is 5.91 Å². The molecule has 2 amide bonds. The smallest absolute Gasteiger partial charge is 0.251 e. The van der Waals surface area contributed by atoms with Crippen LogP contribution < -0.4 is 16.0 Å². The second-order valence-electron chi connectivity index (χ2n) is 6.03. The molecule has 0 aromatic heterocycles. The fraction of sp³-hybridized carbons (Fsp3) is 0.300. The van der Waals surface area contributed by atoms with Gasteiger partial charge in [-0.2, -0.15) is 0 Å². The molecule has 0 saturated carbocycles. The van der Waals surface area contributed by atoms with Crippen LogP contribution in [0.25, 0.3) is 0 Å². The van der Waals surface area contributed by atoms with Crippen LogP contribution >= 0.6 is 0 Å². The quantitative estimate of drug-likeness (QED) is 0.636. The molecule has 0 bridgehead atoms. The number of nitrogens with one attached hydrogen (secondary N) is 3. The zero-order chi connectivity index (χ0) is 18.9. The third-order valence-electron chi connectivity index (χ3n) is 3.98. The number of anilines is 2. The molecule has 0 heterocycles. The molecule has 0 aliphatic carbocycles. The Labute approximate surface area is 153 Å². The summed E-state index contributed by atoms with van der Waals surface area (Å²) in [5, 5.41) is 8.66. The van der Waals surface area contributed by atoms with E-state index in [9.17, 15) is 9.59 Å². The number of aryl methyl sites for hydroxylation is 2. The monoisotopic (exact) mass is 355 g/mol. The van der Waals surface area contributed by atoms with Gasteiger partial charge in [0.05, 0.1) is 13.2 Å². The van der Waals surface area contributed by atoms with Crippen LogP contribution in [-0.2, 0) is 9.53 Å². The minimum absolute atomic E-state index is 0.130. The highest BCUT2D eigenvalue weighted by molar-refractivity contribution is 5.95. The molecule has 2 aromatic carbocycles. The van der Waals surface area contributed by atoms with Gasteiger partial charge >= 0.3 is 0 Å². The summed E-state index contributed by atoms with van der Waals surface area (Å²) in [7, 11) is 1.59. The van der Waals surface area contributed by atoms with E-state index in [1.165, 1.54) is 5.56 Å². The first-order valence-corrected chi connectivity index (χ1v) is 8.48. The Bertz CT molecular complexity index is 757. The fourth-order valence-corrected chi connectivity index (χ4v) is 2.31. The van der Waals surface area contributed by atoms with E-state index in [1.54, 1.807) is 31.4 Å². The molecule has 0 aliphatic rings. The van der Waals surface area contributed by atoms with Gasteiger partial charge in [0, 0.05) is 30.6 Å². The standard InChI is InChI=1S/C20H25N3O3/c1-14-4-7-18(12-15(14)2)23-19(24)13-22-17-8-5-16(6-9-17)20(25)21-10-11-26-3/h4-9,12,22H,10-11,13H2,1-3H3,(H,21,25)(H,23,24). The molecule has 0 unspecified atom stereocenters. The van der Waals surface area contributed by atoms with Crippen molar-refractivity contribution < 1.29 is 14.3 Å². The average molecular weight is 355 g/mol. The Morgan fingerprint density at radius 1 is 0.962 bits per heavy atom. The van der Waals surface area contributed by atoms with Crippen LogP contribution in [0.1, 0.15) is 21.5 Å². The molecular weight excluding hydrogens is 330 g/mol. The number of carbonyl (C=O) groups excluding carboxylic acids is 2. The zero-order valence-corrected chi connectivity index (χ0v) is 15.4. The van der Waals surface area contributed by atoms with E-state index in [4.69, 9.17) is 4.74 Å². The summed E-state index contributed by atoms with van der Waals surface area (Å²) in [6.07, 6.45) is 0. The molecule has 2 rings (SSSR count). The first-order chi connectivity index (χ1) is 12.5. The maximum Gasteiger partial charge on any atom is 0.251 e. The lowest BCUT2D eigenvalue weighted by Crippen LogP contribution is -2.26. The number of carbonyl (C=O) groups is 2. The van der Waals surface area contributed by atoms with Crippen LogP contribution in [0, 0.1) is 13.8 Å². The summed E-state index contributed by atoms with van der Waals surface area (Å²) < 4.78 is 4.89. The molecule has 0 aliphatic heterocycles. The molecule has 0 spiro atoms. The van der Waals surface area contributed by atoms with E-state index in [0.717, 1.165) is 16.9 Å². The zero-order valence-electron chi connectivity index (χ0n) is 15.4. The Morgan fingerprint density at radius 2 is 1.65 bits per heavy atom. The van der Waals surface area contributed by atoms with Crippen LogP contribution in [0.5, 0.6) is 0 Å². The van der Waals surface area contributed by atoms with Gasteiger partial charge in [-0.25, -0.2) is 0 Å². The molecule has 0 fully saturated rings. The van der Waals surface area contributed by atoms with E-state index in [-0.39, 0.29) is 18.4 Å². The molecule has 138 valence electrons. The summed E-state index contributed by atoms with van der Waals surface area (Å²) in [5.74, 6) is -0.282. The van der Waals surface area contributed by atoms with Crippen LogP contribution in [-0.4, -0.2) is 38.6 Å². The van der Waals surface area contributed by atoms with Crippen LogP contribution in [0.3, 0.4) is 0 Å². The molecule has 0 saturated heterocycles. The van der Waals surface area contributed by atoms with Crippen LogP contribution in [0.2, 0.25) is 0 Å². The topological polar surface area (TPSA) is 79.5 Å². The third kappa shape index (κ3) is 5.89. The summed E-state index contributed by atoms with van der Waals surface area (Å²) >= 11 is 0. The SMILES string of the molecule is COCCNC(=O)c1ccc(NCC(=O)Nc2ccc(C)c(C)c2)cc1. The molecule has 6 nitrogen and oxygen atoms in total. The predicted molar refractivity (Wildman–Crippen MR) is 104 cm³/mol. The van der Waals surface area contributed by atoms with Gasteiger partial charge in [-0.05, 0) is 61.4 Å². The summed E-state index contributed by atoms with van der Waals surface area (Å²) in [4.78, 5) is 24.0. The third-order valence-corrected chi connectivity index (χ3v) is 3.98. The first kappa shape index (κ1) is 19.5. The van der Waals surface area contributed by atoms with Gasteiger partial charge in [-0.1, -0.05) is 6.07 Å². The van der Waals surface area contributed by atoms with E-state index in [0.29, 0.717) is 18.7 Å². The van der Waals surface area contributed by atoms with Crippen molar-refractivity contribution in [2.45, 2.75) is 13.8 Å². The molecule has 0 radical (unpaired) electrons. The number of rotatable bonds is 8. The number of amides is 2. The number of methoxy groups -OCH3 is 1. The van der Waals surface area contributed by atoms with E-state index < -0.39 is 0 Å². The molecule has 6 heteroatoms. The Hall–Kier alpha value is -2.86. The summed E-state index contributed by atoms with van der Waals surface area (Å²) in [6.45, 7) is 5.13. The highest BCUT2D eigenvalue weighted by Gasteiger charge is 2.06. The largest absolute Gasteiger partial charge is 0.383 e. The maximum atomic E-state index is 12.1. The number of benzene rings is 2. The minimum Gasteiger partial charge on any atom is -0.383 e. The highest BCUT2D eigenvalue weighted by atomic mass is 16.5. The van der Waals surface area contributed by atoms with Crippen molar-refractivity contribution in [3.63, 3.8) is 0 Å². The Balaban J connectivity index is 1.82. The summed E-state index contributed by atoms with van der Waals surface area (Å²) in [5.41, 5.74) is 4.44. The lowest BCUT2D eigenvalue weighted by Gasteiger charge is -2.10. The van der Waals surface area contributed by atoms with Crippen LogP contribution in [0.15, 0.2) is 42.5 Å². The van der Waals surface area contributed by atoms with Crippen LogP contribution in [0.4, 0.5) is 11.4 Å². The van der Waals surface area contributed by atoms with Gasteiger partial charge in [0.1, 0.15) is 0 Å². The highest BCUT2D eigenvalue weighted by Crippen LogP contribution is 2.14. The van der Waals surface area contributed by atoms with Gasteiger partial charge in [0.15, 0.2) is 0 Å². The average Bonchev–Trinajstić information content (AvgIpc) is 2.63. The normalized spacial score (nSPS) is 10.3. The molecule has 3 N–H and O–H groups in total. The minimum atomic E-state index is -0.152. The van der Waals surface area contributed by atoms with Crippen molar-refractivity contribution in [3.8, 4) is 0 Å². The van der Waals surface area contributed by atoms with Crippen molar-refractivity contribution in [2.24, 2.45) is 0 Å². The van der Waals surface area contributed by atoms with E-state index >= 15 is 0 Å². The molecule has 26 heavy (non-hydrogen) atoms. The van der Waals surface area contributed by atoms with Crippen molar-refractivity contribution in [3.05, 3.63) is 59.2 Å². The van der Waals surface area contributed by atoms with Gasteiger partial charge in [-0.3, -0.25) is 9.59 Å². The number of hydrogen-bond acceptors (Lipinski definition) is 4.